The second-order valence-corrected chi connectivity index (χ2v) is 7.73. The molecular weight excluding hydrogens is 396 g/mol. The number of hydrogen-bond acceptors (Lipinski definition) is 6. The molecule has 4 aromatic rings. The fourth-order valence-corrected chi connectivity index (χ4v) is 3.44. The predicted octanol–water partition coefficient (Wildman–Crippen LogP) is 5.85. The number of anilines is 1. The van der Waals surface area contributed by atoms with Crippen LogP contribution in [0.4, 0.5) is 11.6 Å². The molecule has 0 aliphatic heterocycles. The lowest BCUT2D eigenvalue weighted by atomic mass is 10.00. The van der Waals surface area contributed by atoms with Crippen LogP contribution >= 0.6 is 0 Å². The second-order valence-electron chi connectivity index (χ2n) is 7.73. The first-order valence-electron chi connectivity index (χ1n) is 10.5. The van der Waals surface area contributed by atoms with Gasteiger partial charge in [0, 0.05) is 12.4 Å². The Balaban J connectivity index is 1.54. The Labute approximate surface area is 188 Å². The highest BCUT2D eigenvalue weighted by molar-refractivity contribution is 5.42. The molecule has 6 nitrogen and oxygen atoms in total. The molecule has 0 radical (unpaired) electrons. The minimum absolute atomic E-state index is 0.189. The standard InChI is InChI=1S/C26H26N6/c1-19-13-14-28-25(15-19)32(27)18-23-17-29-24(16-20(23)2)30-31-26(21-9-5-3-6-10-21)22-11-7-4-8-12-22/h3-17,26H,18,27H2,1-2H3. The van der Waals surface area contributed by atoms with Crippen molar-refractivity contribution in [2.45, 2.75) is 26.4 Å². The van der Waals surface area contributed by atoms with Gasteiger partial charge < -0.3 is 0 Å². The Kier molecular flexibility index (Phi) is 6.63. The van der Waals surface area contributed by atoms with E-state index in [4.69, 9.17) is 5.84 Å². The topological polar surface area (TPSA) is 79.8 Å². The summed E-state index contributed by atoms with van der Waals surface area (Å²) >= 11 is 0. The van der Waals surface area contributed by atoms with Crippen LogP contribution in [0.2, 0.25) is 0 Å². The summed E-state index contributed by atoms with van der Waals surface area (Å²) in [7, 11) is 0. The monoisotopic (exact) mass is 422 g/mol. The van der Waals surface area contributed by atoms with Gasteiger partial charge in [-0.25, -0.2) is 15.8 Å². The van der Waals surface area contributed by atoms with Crippen molar-refractivity contribution >= 4 is 11.6 Å². The molecule has 0 bridgehead atoms. The number of hydrazine groups is 1. The lowest BCUT2D eigenvalue weighted by Gasteiger charge is -2.19. The predicted molar refractivity (Wildman–Crippen MR) is 128 cm³/mol. The number of nitrogens with two attached hydrogens (primary N) is 1. The molecule has 0 saturated heterocycles. The van der Waals surface area contributed by atoms with E-state index in [9.17, 15) is 0 Å². The van der Waals surface area contributed by atoms with Gasteiger partial charge in [-0.1, -0.05) is 60.7 Å². The van der Waals surface area contributed by atoms with Crippen LogP contribution in [0, 0.1) is 13.8 Å². The summed E-state index contributed by atoms with van der Waals surface area (Å²) in [6, 6.07) is 26.0. The summed E-state index contributed by atoms with van der Waals surface area (Å²) < 4.78 is 0. The van der Waals surface area contributed by atoms with Crippen LogP contribution < -0.4 is 10.9 Å². The van der Waals surface area contributed by atoms with E-state index in [-0.39, 0.29) is 6.04 Å². The van der Waals surface area contributed by atoms with Gasteiger partial charge in [-0.2, -0.15) is 5.11 Å². The smallest absolute Gasteiger partial charge is 0.174 e. The number of pyridine rings is 2. The molecule has 0 saturated carbocycles. The fourth-order valence-electron chi connectivity index (χ4n) is 3.44. The number of nitrogens with zero attached hydrogens (tertiary/aromatic N) is 5. The molecule has 0 amide bonds. The van der Waals surface area contributed by atoms with Gasteiger partial charge in [0.15, 0.2) is 5.82 Å². The van der Waals surface area contributed by atoms with Crippen LogP contribution in [0.15, 0.2) is 101 Å². The quantitative estimate of drug-likeness (QED) is 0.230. The van der Waals surface area contributed by atoms with Gasteiger partial charge in [-0.05, 0) is 59.9 Å². The molecule has 0 unspecified atom stereocenters. The minimum Gasteiger partial charge on any atom is -0.290 e. The van der Waals surface area contributed by atoms with Crippen LogP contribution in [0.1, 0.15) is 33.9 Å². The van der Waals surface area contributed by atoms with E-state index in [0.717, 1.165) is 33.6 Å². The van der Waals surface area contributed by atoms with Crippen molar-refractivity contribution in [3.63, 3.8) is 0 Å². The van der Waals surface area contributed by atoms with E-state index in [1.807, 2.05) is 68.4 Å². The molecule has 32 heavy (non-hydrogen) atoms. The minimum atomic E-state index is -0.189. The Morgan fingerprint density at radius 2 is 1.53 bits per heavy atom. The van der Waals surface area contributed by atoms with E-state index in [1.165, 1.54) is 0 Å². The Hall–Kier alpha value is -3.90. The van der Waals surface area contributed by atoms with Crippen LogP contribution in [-0.4, -0.2) is 9.97 Å². The van der Waals surface area contributed by atoms with Crippen molar-refractivity contribution in [3.05, 3.63) is 119 Å². The van der Waals surface area contributed by atoms with Crippen molar-refractivity contribution in [3.8, 4) is 0 Å². The van der Waals surface area contributed by atoms with Crippen LogP contribution in [0.25, 0.3) is 0 Å². The third-order valence-electron chi connectivity index (χ3n) is 5.25. The number of rotatable bonds is 7. The molecule has 6 heteroatoms. The lowest BCUT2D eigenvalue weighted by molar-refractivity contribution is 0.800. The third kappa shape index (κ3) is 5.22. The zero-order valence-electron chi connectivity index (χ0n) is 18.3. The van der Waals surface area contributed by atoms with Gasteiger partial charge >= 0.3 is 0 Å². The third-order valence-corrected chi connectivity index (χ3v) is 5.25. The molecule has 160 valence electrons. The molecule has 0 atom stereocenters. The summed E-state index contributed by atoms with van der Waals surface area (Å²) in [4.78, 5) is 8.84. The molecule has 4 rings (SSSR count). The second kappa shape index (κ2) is 9.94. The van der Waals surface area contributed by atoms with Crippen molar-refractivity contribution < 1.29 is 0 Å². The summed E-state index contributed by atoms with van der Waals surface area (Å²) in [6.07, 6.45) is 3.56. The van der Waals surface area contributed by atoms with E-state index in [0.29, 0.717) is 12.4 Å². The lowest BCUT2D eigenvalue weighted by Crippen LogP contribution is -2.31. The maximum Gasteiger partial charge on any atom is 0.174 e. The summed E-state index contributed by atoms with van der Waals surface area (Å²) in [5.41, 5.74) is 5.34. The number of aryl methyl sites for hydroxylation is 2. The molecule has 0 spiro atoms. The normalized spacial score (nSPS) is 11.2. The Bertz CT molecular complexity index is 1150. The van der Waals surface area contributed by atoms with Crippen molar-refractivity contribution in [1.29, 1.82) is 0 Å². The molecular formula is C26H26N6. The van der Waals surface area contributed by atoms with Crippen LogP contribution in [0.3, 0.4) is 0 Å². The van der Waals surface area contributed by atoms with Crippen LogP contribution in [0.5, 0.6) is 0 Å². The molecule has 2 aromatic carbocycles. The highest BCUT2D eigenvalue weighted by Gasteiger charge is 2.13. The number of hydrogen-bond donors (Lipinski definition) is 1. The molecule has 0 fully saturated rings. The molecule has 0 aliphatic carbocycles. The molecule has 2 N–H and O–H groups in total. The average Bonchev–Trinajstić information content (AvgIpc) is 2.82. The van der Waals surface area contributed by atoms with Gasteiger partial charge in [0.05, 0.1) is 6.54 Å². The van der Waals surface area contributed by atoms with Gasteiger partial charge in [-0.3, -0.25) is 5.01 Å². The largest absolute Gasteiger partial charge is 0.290 e. The molecule has 0 aliphatic rings. The van der Waals surface area contributed by atoms with Crippen molar-refractivity contribution in [1.82, 2.24) is 9.97 Å². The van der Waals surface area contributed by atoms with Gasteiger partial charge in [0.2, 0.25) is 0 Å². The highest BCUT2D eigenvalue weighted by Crippen LogP contribution is 2.28. The average molecular weight is 423 g/mol. The highest BCUT2D eigenvalue weighted by atomic mass is 15.4. The van der Waals surface area contributed by atoms with Gasteiger partial charge in [-0.15, -0.1) is 5.11 Å². The maximum atomic E-state index is 6.23. The first-order valence-corrected chi connectivity index (χ1v) is 10.5. The van der Waals surface area contributed by atoms with Gasteiger partial charge in [0.1, 0.15) is 11.9 Å². The Morgan fingerprint density at radius 3 is 2.12 bits per heavy atom. The fraction of sp³-hybridized carbons (Fsp3) is 0.154. The van der Waals surface area contributed by atoms with E-state index < -0.39 is 0 Å². The molecule has 2 aromatic heterocycles. The number of benzene rings is 2. The summed E-state index contributed by atoms with van der Waals surface area (Å²) in [6.45, 7) is 4.55. The van der Waals surface area contributed by atoms with Crippen molar-refractivity contribution in [2.75, 3.05) is 5.01 Å². The van der Waals surface area contributed by atoms with Crippen molar-refractivity contribution in [2.24, 2.45) is 16.1 Å². The zero-order chi connectivity index (χ0) is 22.3. The maximum absolute atomic E-state index is 6.23. The van der Waals surface area contributed by atoms with Crippen LogP contribution in [-0.2, 0) is 6.54 Å². The number of aromatic nitrogens is 2. The number of azo groups is 1. The van der Waals surface area contributed by atoms with E-state index >= 15 is 0 Å². The first kappa shape index (κ1) is 21.3. The molecule has 2 heterocycles. The van der Waals surface area contributed by atoms with Gasteiger partial charge in [0.25, 0.3) is 0 Å². The van der Waals surface area contributed by atoms with E-state index in [1.54, 1.807) is 17.4 Å². The summed E-state index contributed by atoms with van der Waals surface area (Å²) in [5.74, 6) is 7.52. The SMILES string of the molecule is Cc1ccnc(N(N)Cc2cnc(N=NC(c3ccccc3)c3ccccc3)cc2C)c1. The first-order chi connectivity index (χ1) is 15.6. The zero-order valence-corrected chi connectivity index (χ0v) is 18.3. The Morgan fingerprint density at radius 1 is 0.875 bits per heavy atom. The summed E-state index contributed by atoms with van der Waals surface area (Å²) in [5, 5.41) is 10.7. The van der Waals surface area contributed by atoms with E-state index in [2.05, 4.69) is 44.5 Å².